The number of hydrogen-bond donors (Lipinski definition) is 1. The molecule has 1 aromatic heterocycles. The summed E-state index contributed by atoms with van der Waals surface area (Å²) in [4.78, 5) is 16.6. The van der Waals surface area contributed by atoms with Crippen LogP contribution in [-0.4, -0.2) is 28.7 Å². The van der Waals surface area contributed by atoms with Crippen LogP contribution in [0.4, 0.5) is 0 Å². The van der Waals surface area contributed by atoms with Crippen molar-refractivity contribution in [2.75, 3.05) is 6.61 Å². The number of rotatable bonds is 6. The molecule has 1 N–H and O–H groups in total. The molecule has 0 saturated heterocycles. The van der Waals surface area contributed by atoms with E-state index in [1.807, 2.05) is 42.5 Å². The molecule has 0 spiro atoms. The molecule has 29 heavy (non-hydrogen) atoms. The van der Waals surface area contributed by atoms with E-state index in [2.05, 4.69) is 15.5 Å². The van der Waals surface area contributed by atoms with Crippen LogP contribution in [0.15, 0.2) is 59.1 Å². The van der Waals surface area contributed by atoms with Crippen LogP contribution in [0, 0.1) is 0 Å². The van der Waals surface area contributed by atoms with Crippen molar-refractivity contribution >= 4 is 5.91 Å². The first-order valence-electron chi connectivity index (χ1n) is 10.2. The Hall–Kier alpha value is -3.15. The van der Waals surface area contributed by atoms with Gasteiger partial charge in [-0.1, -0.05) is 61.2 Å². The maximum Gasteiger partial charge on any atom is 0.258 e. The highest BCUT2D eigenvalue weighted by atomic mass is 16.5. The van der Waals surface area contributed by atoms with E-state index in [9.17, 15) is 4.79 Å². The second-order valence-corrected chi connectivity index (χ2v) is 7.36. The average Bonchev–Trinajstić information content (AvgIpc) is 3.12. The van der Waals surface area contributed by atoms with E-state index in [0.29, 0.717) is 17.5 Å². The average molecular weight is 391 g/mol. The van der Waals surface area contributed by atoms with Crippen molar-refractivity contribution in [1.29, 1.82) is 0 Å². The predicted molar refractivity (Wildman–Crippen MR) is 110 cm³/mol. The second kappa shape index (κ2) is 9.37. The van der Waals surface area contributed by atoms with Gasteiger partial charge in [0.2, 0.25) is 5.82 Å². The molecule has 1 heterocycles. The number of amides is 1. The van der Waals surface area contributed by atoms with Gasteiger partial charge < -0.3 is 14.6 Å². The van der Waals surface area contributed by atoms with Crippen molar-refractivity contribution in [3.8, 4) is 28.6 Å². The molecular weight excluding hydrogens is 366 g/mol. The minimum absolute atomic E-state index is 0.0224. The van der Waals surface area contributed by atoms with Gasteiger partial charge in [-0.05, 0) is 37.1 Å². The van der Waals surface area contributed by atoms with E-state index in [-0.39, 0.29) is 18.6 Å². The number of hydrogen-bond acceptors (Lipinski definition) is 5. The SMILES string of the molecule is O=C(COc1ccc(-c2nc(-c3ccccc3)no2)cc1)NC1CCCCCC1. The molecule has 1 aliphatic carbocycles. The van der Waals surface area contributed by atoms with Crippen molar-refractivity contribution in [1.82, 2.24) is 15.5 Å². The molecule has 0 unspecified atom stereocenters. The van der Waals surface area contributed by atoms with Gasteiger partial charge in [-0.3, -0.25) is 4.79 Å². The number of benzene rings is 2. The Bertz CT molecular complexity index is 914. The molecule has 1 aliphatic rings. The first kappa shape index (κ1) is 19.2. The van der Waals surface area contributed by atoms with Crippen molar-refractivity contribution < 1.29 is 14.1 Å². The summed E-state index contributed by atoms with van der Waals surface area (Å²) in [6, 6.07) is 17.3. The lowest BCUT2D eigenvalue weighted by Gasteiger charge is -2.16. The maximum absolute atomic E-state index is 12.2. The maximum atomic E-state index is 12.2. The summed E-state index contributed by atoms with van der Waals surface area (Å²) in [5, 5.41) is 7.12. The van der Waals surface area contributed by atoms with Gasteiger partial charge in [0.05, 0.1) is 0 Å². The lowest BCUT2D eigenvalue weighted by Crippen LogP contribution is -2.37. The molecular formula is C23H25N3O3. The largest absolute Gasteiger partial charge is 0.484 e. The molecule has 0 aliphatic heterocycles. The zero-order valence-corrected chi connectivity index (χ0v) is 16.3. The van der Waals surface area contributed by atoms with Crippen molar-refractivity contribution in [3.05, 3.63) is 54.6 Å². The summed E-state index contributed by atoms with van der Waals surface area (Å²) >= 11 is 0. The van der Waals surface area contributed by atoms with Crippen LogP contribution in [-0.2, 0) is 4.79 Å². The first-order chi connectivity index (χ1) is 14.3. The van der Waals surface area contributed by atoms with Gasteiger partial charge in [0.15, 0.2) is 6.61 Å². The van der Waals surface area contributed by atoms with Crippen LogP contribution in [0.1, 0.15) is 38.5 Å². The molecule has 0 bridgehead atoms. The third-order valence-electron chi connectivity index (χ3n) is 5.15. The van der Waals surface area contributed by atoms with Crippen LogP contribution in [0.2, 0.25) is 0 Å². The smallest absolute Gasteiger partial charge is 0.258 e. The van der Waals surface area contributed by atoms with E-state index in [1.165, 1.54) is 25.7 Å². The topological polar surface area (TPSA) is 77.2 Å². The highest BCUT2D eigenvalue weighted by Crippen LogP contribution is 2.24. The summed E-state index contributed by atoms with van der Waals surface area (Å²) in [6.45, 7) is 0.0224. The predicted octanol–water partition coefficient (Wildman–Crippen LogP) is 4.62. The Morgan fingerprint density at radius 1 is 0.966 bits per heavy atom. The van der Waals surface area contributed by atoms with Crippen molar-refractivity contribution in [3.63, 3.8) is 0 Å². The van der Waals surface area contributed by atoms with Crippen LogP contribution in [0.3, 0.4) is 0 Å². The number of ether oxygens (including phenoxy) is 1. The number of nitrogens with one attached hydrogen (secondary N) is 1. The van der Waals surface area contributed by atoms with Crippen molar-refractivity contribution in [2.45, 2.75) is 44.6 Å². The molecule has 6 heteroatoms. The van der Waals surface area contributed by atoms with E-state index in [4.69, 9.17) is 9.26 Å². The summed E-state index contributed by atoms with van der Waals surface area (Å²) in [7, 11) is 0. The molecule has 6 nitrogen and oxygen atoms in total. The first-order valence-corrected chi connectivity index (χ1v) is 10.2. The standard InChI is InChI=1S/C23H25N3O3/c27-21(24-19-10-6-1-2-7-11-19)16-28-20-14-12-18(13-15-20)23-25-22(26-29-23)17-8-4-3-5-9-17/h3-5,8-9,12-15,19H,1-2,6-7,10-11,16H2,(H,24,27). The van der Waals surface area contributed by atoms with Gasteiger partial charge in [0.1, 0.15) is 5.75 Å². The molecule has 0 radical (unpaired) electrons. The molecule has 1 fully saturated rings. The number of carbonyl (C=O) groups excluding carboxylic acids is 1. The van der Waals surface area contributed by atoms with E-state index >= 15 is 0 Å². The zero-order valence-electron chi connectivity index (χ0n) is 16.3. The summed E-state index contributed by atoms with van der Waals surface area (Å²) in [5.41, 5.74) is 1.71. The van der Waals surface area contributed by atoms with Crippen LogP contribution >= 0.6 is 0 Å². The third-order valence-corrected chi connectivity index (χ3v) is 5.15. The Morgan fingerprint density at radius 2 is 1.69 bits per heavy atom. The molecule has 150 valence electrons. The summed E-state index contributed by atoms with van der Waals surface area (Å²) < 4.78 is 11.0. The Balaban J connectivity index is 1.31. The van der Waals surface area contributed by atoms with Crippen molar-refractivity contribution in [2.24, 2.45) is 0 Å². The normalized spacial score (nSPS) is 14.9. The number of carbonyl (C=O) groups is 1. The Labute approximate surface area is 170 Å². The van der Waals surface area contributed by atoms with Gasteiger partial charge in [0, 0.05) is 17.2 Å². The molecule has 0 atom stereocenters. The molecule has 2 aromatic carbocycles. The molecule has 1 saturated carbocycles. The second-order valence-electron chi connectivity index (χ2n) is 7.36. The fraction of sp³-hybridized carbons (Fsp3) is 0.348. The molecule has 4 rings (SSSR count). The lowest BCUT2D eigenvalue weighted by molar-refractivity contribution is -0.123. The van der Waals surface area contributed by atoms with Crippen LogP contribution < -0.4 is 10.1 Å². The van der Waals surface area contributed by atoms with E-state index in [1.54, 1.807) is 12.1 Å². The van der Waals surface area contributed by atoms with E-state index < -0.39 is 0 Å². The van der Waals surface area contributed by atoms with Crippen LogP contribution in [0.5, 0.6) is 5.75 Å². The highest BCUT2D eigenvalue weighted by Gasteiger charge is 2.15. The van der Waals surface area contributed by atoms with Gasteiger partial charge in [-0.15, -0.1) is 0 Å². The minimum Gasteiger partial charge on any atom is -0.484 e. The van der Waals surface area contributed by atoms with Gasteiger partial charge >= 0.3 is 0 Å². The fourth-order valence-corrected chi connectivity index (χ4v) is 3.58. The van der Waals surface area contributed by atoms with Gasteiger partial charge in [-0.2, -0.15) is 4.98 Å². The highest BCUT2D eigenvalue weighted by molar-refractivity contribution is 5.77. The number of nitrogens with zero attached hydrogens (tertiary/aromatic N) is 2. The zero-order chi connectivity index (χ0) is 19.9. The Kier molecular flexibility index (Phi) is 6.19. The molecule has 3 aromatic rings. The van der Waals surface area contributed by atoms with E-state index in [0.717, 1.165) is 24.0 Å². The molecule has 1 amide bonds. The fourth-order valence-electron chi connectivity index (χ4n) is 3.58. The van der Waals surface area contributed by atoms with Gasteiger partial charge in [0.25, 0.3) is 11.8 Å². The number of aromatic nitrogens is 2. The third kappa shape index (κ3) is 5.22. The summed E-state index contributed by atoms with van der Waals surface area (Å²) in [5.74, 6) is 1.57. The Morgan fingerprint density at radius 3 is 2.41 bits per heavy atom. The quantitative estimate of drug-likeness (QED) is 0.620. The minimum atomic E-state index is -0.0645. The monoisotopic (exact) mass is 391 g/mol. The lowest BCUT2D eigenvalue weighted by atomic mass is 10.1. The summed E-state index contributed by atoms with van der Waals surface area (Å²) in [6.07, 6.45) is 7.04. The van der Waals surface area contributed by atoms with Crippen LogP contribution in [0.25, 0.3) is 22.8 Å². The van der Waals surface area contributed by atoms with Gasteiger partial charge in [-0.25, -0.2) is 0 Å².